The minimum Gasteiger partial charge on any atom is -0.493 e. The van der Waals surface area contributed by atoms with Crippen LogP contribution in [0.5, 0.6) is 11.5 Å². The molecule has 0 radical (unpaired) electrons. The van der Waals surface area contributed by atoms with Gasteiger partial charge in [0.25, 0.3) is 5.56 Å². The van der Waals surface area contributed by atoms with Crippen molar-refractivity contribution in [1.82, 2.24) is 9.55 Å². The summed E-state index contributed by atoms with van der Waals surface area (Å²) in [5, 5.41) is 9.53. The summed E-state index contributed by atoms with van der Waals surface area (Å²) in [6, 6.07) is 5.32. The zero-order valence-corrected chi connectivity index (χ0v) is 16.1. The van der Waals surface area contributed by atoms with E-state index in [1.165, 1.54) is 0 Å². The summed E-state index contributed by atoms with van der Waals surface area (Å²) in [5.74, 6) is 0.913. The first-order valence-electron chi connectivity index (χ1n) is 9.50. The molecule has 7 heteroatoms. The zero-order valence-electron chi connectivity index (χ0n) is 16.1. The van der Waals surface area contributed by atoms with Gasteiger partial charge in [0.2, 0.25) is 0 Å². The third-order valence-corrected chi connectivity index (χ3v) is 6.15. The SMILES string of the molecule is COc1cccc(/C=C2\CCc3c2nc2n(c3=O)C3CC3(C(=O)O)C=C2)c1OC. The van der Waals surface area contributed by atoms with Gasteiger partial charge in [0.1, 0.15) is 11.2 Å². The third kappa shape index (κ3) is 2.40. The summed E-state index contributed by atoms with van der Waals surface area (Å²) in [6.45, 7) is 0. The number of hydrogen-bond donors (Lipinski definition) is 1. The van der Waals surface area contributed by atoms with E-state index in [0.29, 0.717) is 47.8 Å². The Morgan fingerprint density at radius 2 is 2.14 bits per heavy atom. The van der Waals surface area contributed by atoms with E-state index in [-0.39, 0.29) is 11.6 Å². The van der Waals surface area contributed by atoms with Crippen LogP contribution in [0, 0.1) is 5.41 Å². The highest BCUT2D eigenvalue weighted by Crippen LogP contribution is 2.59. The maximum absolute atomic E-state index is 13.2. The molecule has 1 fully saturated rings. The lowest BCUT2D eigenvalue weighted by Gasteiger charge is -2.18. The predicted octanol–water partition coefficient (Wildman–Crippen LogP) is 2.79. The van der Waals surface area contributed by atoms with Gasteiger partial charge in [0.15, 0.2) is 11.5 Å². The Morgan fingerprint density at radius 3 is 2.86 bits per heavy atom. The number of ether oxygens (including phenoxy) is 2. The molecule has 1 aromatic heterocycles. The van der Waals surface area contributed by atoms with E-state index < -0.39 is 11.4 Å². The Hall–Kier alpha value is -3.35. The monoisotopic (exact) mass is 392 g/mol. The number of carboxylic acids is 1. The van der Waals surface area contributed by atoms with Crippen molar-refractivity contribution in [2.75, 3.05) is 14.2 Å². The topological polar surface area (TPSA) is 90.7 Å². The smallest absolute Gasteiger partial charge is 0.315 e. The van der Waals surface area contributed by atoms with Crippen molar-refractivity contribution in [3.05, 3.63) is 57.3 Å². The minimum atomic E-state index is -0.946. The summed E-state index contributed by atoms with van der Waals surface area (Å²) in [6.07, 6.45) is 7.06. The summed E-state index contributed by atoms with van der Waals surface area (Å²) in [4.78, 5) is 29.5. The van der Waals surface area contributed by atoms with Crippen LogP contribution < -0.4 is 15.0 Å². The molecule has 0 bridgehead atoms. The molecule has 3 aliphatic rings. The highest BCUT2D eigenvalue weighted by Gasteiger charge is 2.62. The van der Waals surface area contributed by atoms with Gasteiger partial charge in [-0.2, -0.15) is 0 Å². The Labute approximate surface area is 166 Å². The van der Waals surface area contributed by atoms with Crippen molar-refractivity contribution < 1.29 is 19.4 Å². The molecule has 0 amide bonds. The fourth-order valence-corrected chi connectivity index (χ4v) is 4.51. The van der Waals surface area contributed by atoms with Gasteiger partial charge in [0, 0.05) is 11.1 Å². The average Bonchev–Trinajstić information content (AvgIpc) is 3.36. The predicted molar refractivity (Wildman–Crippen MR) is 107 cm³/mol. The third-order valence-electron chi connectivity index (χ3n) is 6.15. The van der Waals surface area contributed by atoms with Gasteiger partial charge in [-0.1, -0.05) is 18.2 Å². The van der Waals surface area contributed by atoms with Gasteiger partial charge in [-0.25, -0.2) is 4.98 Å². The van der Waals surface area contributed by atoms with E-state index in [1.807, 2.05) is 24.3 Å². The number of benzene rings is 1. The van der Waals surface area contributed by atoms with E-state index in [9.17, 15) is 14.7 Å². The number of carbonyl (C=O) groups is 1. The summed E-state index contributed by atoms with van der Waals surface area (Å²) in [5.41, 5.74) is 2.10. The number of methoxy groups -OCH3 is 2. The number of allylic oxidation sites excluding steroid dienone is 1. The van der Waals surface area contributed by atoms with Crippen LogP contribution in [-0.4, -0.2) is 34.8 Å². The Balaban J connectivity index is 1.62. The Morgan fingerprint density at radius 1 is 1.31 bits per heavy atom. The zero-order chi connectivity index (χ0) is 20.3. The normalized spacial score (nSPS) is 24.6. The van der Waals surface area contributed by atoms with Crippen molar-refractivity contribution in [3.8, 4) is 11.5 Å². The fraction of sp³-hybridized carbons (Fsp3) is 0.318. The molecule has 1 saturated carbocycles. The van der Waals surface area contributed by atoms with Gasteiger partial charge < -0.3 is 14.6 Å². The van der Waals surface area contributed by atoms with Crippen LogP contribution in [0.25, 0.3) is 17.7 Å². The van der Waals surface area contributed by atoms with Crippen molar-refractivity contribution >= 4 is 23.7 Å². The maximum Gasteiger partial charge on any atom is 0.315 e. The lowest BCUT2D eigenvalue weighted by Crippen LogP contribution is -2.31. The Kier molecular flexibility index (Phi) is 3.71. The Bertz CT molecular complexity index is 1180. The number of para-hydroxylation sites is 1. The number of carboxylic acid groups (broad SMARTS) is 1. The summed E-state index contributed by atoms with van der Waals surface area (Å²) < 4.78 is 12.5. The van der Waals surface area contributed by atoms with E-state index in [0.717, 1.165) is 11.1 Å². The van der Waals surface area contributed by atoms with Crippen LogP contribution in [0.2, 0.25) is 0 Å². The first-order chi connectivity index (χ1) is 14.0. The van der Waals surface area contributed by atoms with Crippen LogP contribution in [0.4, 0.5) is 0 Å². The lowest BCUT2D eigenvalue weighted by atomic mass is 10.0. The van der Waals surface area contributed by atoms with Crippen molar-refractivity contribution in [3.63, 3.8) is 0 Å². The van der Waals surface area contributed by atoms with Gasteiger partial charge in [0.05, 0.1) is 26.0 Å². The van der Waals surface area contributed by atoms with E-state index in [2.05, 4.69) is 0 Å². The quantitative estimate of drug-likeness (QED) is 0.860. The summed E-state index contributed by atoms with van der Waals surface area (Å²) >= 11 is 0. The van der Waals surface area contributed by atoms with Gasteiger partial charge in [-0.3, -0.25) is 14.2 Å². The lowest BCUT2D eigenvalue weighted by molar-refractivity contribution is -0.141. The average molecular weight is 392 g/mol. The van der Waals surface area contributed by atoms with E-state index >= 15 is 0 Å². The molecular weight excluding hydrogens is 372 g/mol. The molecule has 0 spiro atoms. The number of fused-ring (bicyclic) bond motifs is 4. The highest BCUT2D eigenvalue weighted by molar-refractivity contribution is 5.87. The molecule has 7 nitrogen and oxygen atoms in total. The first-order valence-corrected chi connectivity index (χ1v) is 9.50. The molecule has 2 aromatic rings. The molecule has 2 heterocycles. The molecule has 5 rings (SSSR count). The summed E-state index contributed by atoms with van der Waals surface area (Å²) in [7, 11) is 3.19. The van der Waals surface area contributed by atoms with Crippen LogP contribution in [0.1, 0.15) is 41.5 Å². The first kappa shape index (κ1) is 17.7. The molecule has 1 aliphatic heterocycles. The molecular formula is C22H20N2O5. The van der Waals surface area contributed by atoms with Crippen molar-refractivity contribution in [2.45, 2.75) is 25.3 Å². The number of aliphatic carboxylic acids is 1. The second-order valence-corrected chi connectivity index (χ2v) is 7.62. The highest BCUT2D eigenvalue weighted by atomic mass is 16.5. The molecule has 29 heavy (non-hydrogen) atoms. The standard InChI is InChI=1S/C22H20N2O5/c1-28-15-5-3-4-13(19(15)29-2)10-12-6-7-14-18(12)23-17-8-9-22(21(26)27)11-16(22)24(17)20(14)25/h3-5,8-10,16H,6-7,11H2,1-2H3,(H,26,27)/b12-10+. The fourth-order valence-electron chi connectivity index (χ4n) is 4.51. The van der Waals surface area contributed by atoms with Crippen LogP contribution >= 0.6 is 0 Å². The largest absolute Gasteiger partial charge is 0.493 e. The number of aromatic nitrogens is 2. The van der Waals surface area contributed by atoms with Gasteiger partial charge in [-0.05, 0) is 43.1 Å². The molecule has 2 aliphatic carbocycles. The van der Waals surface area contributed by atoms with Crippen molar-refractivity contribution in [1.29, 1.82) is 0 Å². The second kappa shape index (κ2) is 6.07. The van der Waals surface area contributed by atoms with Crippen molar-refractivity contribution in [2.24, 2.45) is 5.41 Å². The van der Waals surface area contributed by atoms with Crippen LogP contribution in [0.3, 0.4) is 0 Å². The molecule has 148 valence electrons. The molecule has 1 N–H and O–H groups in total. The molecule has 1 aromatic carbocycles. The number of hydrogen-bond acceptors (Lipinski definition) is 5. The number of rotatable bonds is 4. The molecule has 2 atom stereocenters. The minimum absolute atomic E-state index is 0.122. The van der Waals surface area contributed by atoms with E-state index in [1.54, 1.807) is 30.9 Å². The van der Waals surface area contributed by atoms with E-state index in [4.69, 9.17) is 14.5 Å². The van der Waals surface area contributed by atoms with Crippen LogP contribution in [0.15, 0.2) is 29.1 Å². The number of nitrogens with zero attached hydrogens (tertiary/aromatic N) is 2. The van der Waals surface area contributed by atoms with Crippen LogP contribution in [-0.2, 0) is 11.2 Å². The second-order valence-electron chi connectivity index (χ2n) is 7.62. The van der Waals surface area contributed by atoms with Gasteiger partial charge in [-0.15, -0.1) is 0 Å². The van der Waals surface area contributed by atoms with Gasteiger partial charge >= 0.3 is 5.97 Å². The molecule has 2 unspecified atom stereocenters. The molecule has 0 saturated heterocycles. The maximum atomic E-state index is 13.2.